The number of hydrogen-bond acceptors (Lipinski definition) is 3. The fraction of sp³-hybridized carbons (Fsp3) is 0.889. The van der Waals surface area contributed by atoms with Crippen molar-refractivity contribution in [3.8, 4) is 0 Å². The summed E-state index contributed by atoms with van der Waals surface area (Å²) in [6, 6.07) is 0.760. The van der Waals surface area contributed by atoms with E-state index in [-0.39, 0.29) is 11.9 Å². The van der Waals surface area contributed by atoms with E-state index in [9.17, 15) is 4.79 Å². The Balaban J connectivity index is 2.18. The predicted octanol–water partition coefficient (Wildman–Crippen LogP) is -0.408. The summed E-state index contributed by atoms with van der Waals surface area (Å²) >= 11 is 0. The molecule has 0 radical (unpaired) electrons. The van der Waals surface area contributed by atoms with Crippen molar-refractivity contribution in [3.05, 3.63) is 0 Å². The van der Waals surface area contributed by atoms with Crippen LogP contribution in [0, 0.1) is 0 Å². The minimum atomic E-state index is -0.228. The quantitative estimate of drug-likeness (QED) is 0.558. The second-order valence-corrected chi connectivity index (χ2v) is 3.76. The highest BCUT2D eigenvalue weighted by atomic mass is 16.1. The maximum absolute atomic E-state index is 10.6. The van der Waals surface area contributed by atoms with Crippen LogP contribution in [0.2, 0.25) is 0 Å². The van der Waals surface area contributed by atoms with Gasteiger partial charge in [0.1, 0.15) is 0 Å². The van der Waals surface area contributed by atoms with Gasteiger partial charge in [0.05, 0.1) is 0 Å². The fourth-order valence-electron chi connectivity index (χ4n) is 1.75. The molecule has 0 aromatic rings. The Hall–Kier alpha value is -0.610. The molecule has 0 aliphatic carbocycles. The highest BCUT2D eigenvalue weighted by Gasteiger charge is 2.15. The normalized spacial score (nSPS) is 21.3. The zero-order chi connectivity index (χ0) is 9.68. The molecule has 76 valence electrons. The standard InChI is InChI=1S/C9H19N3O/c1-7(6-9(10)13)12-8-2-4-11-5-3-8/h7-8,11-12H,2-6H2,1H3,(H2,10,13). The van der Waals surface area contributed by atoms with Crippen LogP contribution in [0.25, 0.3) is 0 Å². The molecule has 4 nitrogen and oxygen atoms in total. The van der Waals surface area contributed by atoms with E-state index < -0.39 is 0 Å². The molecule has 0 aromatic heterocycles. The summed E-state index contributed by atoms with van der Waals surface area (Å²) in [5, 5.41) is 6.71. The molecule has 1 aliphatic heterocycles. The van der Waals surface area contributed by atoms with E-state index in [0.717, 1.165) is 25.9 Å². The topological polar surface area (TPSA) is 67.2 Å². The summed E-state index contributed by atoms with van der Waals surface area (Å²) in [4.78, 5) is 10.6. The van der Waals surface area contributed by atoms with Crippen molar-refractivity contribution in [2.45, 2.75) is 38.3 Å². The molecular formula is C9H19N3O. The Labute approximate surface area is 79.3 Å². The fourth-order valence-corrected chi connectivity index (χ4v) is 1.75. The van der Waals surface area contributed by atoms with Crippen LogP contribution >= 0.6 is 0 Å². The van der Waals surface area contributed by atoms with Crippen LogP contribution in [0.3, 0.4) is 0 Å². The minimum absolute atomic E-state index is 0.209. The largest absolute Gasteiger partial charge is 0.370 e. The molecule has 1 saturated heterocycles. The Morgan fingerprint density at radius 1 is 1.62 bits per heavy atom. The van der Waals surface area contributed by atoms with Gasteiger partial charge in [-0.15, -0.1) is 0 Å². The maximum atomic E-state index is 10.6. The first kappa shape index (κ1) is 10.5. The van der Waals surface area contributed by atoms with Gasteiger partial charge in [0.25, 0.3) is 0 Å². The number of nitrogens with one attached hydrogen (secondary N) is 2. The average molecular weight is 185 g/mol. The van der Waals surface area contributed by atoms with Crippen molar-refractivity contribution in [1.82, 2.24) is 10.6 Å². The molecule has 0 aromatic carbocycles. The van der Waals surface area contributed by atoms with Crippen molar-refractivity contribution >= 4 is 5.91 Å². The first-order chi connectivity index (χ1) is 6.18. The smallest absolute Gasteiger partial charge is 0.218 e. The Morgan fingerprint density at radius 3 is 2.77 bits per heavy atom. The van der Waals surface area contributed by atoms with Crippen LogP contribution in [0.4, 0.5) is 0 Å². The van der Waals surface area contributed by atoms with Crippen molar-refractivity contribution < 1.29 is 4.79 Å². The second-order valence-electron chi connectivity index (χ2n) is 3.76. The van der Waals surface area contributed by atoms with Gasteiger partial charge < -0.3 is 16.4 Å². The number of primary amides is 1. The van der Waals surface area contributed by atoms with Gasteiger partial charge >= 0.3 is 0 Å². The van der Waals surface area contributed by atoms with Crippen LogP contribution in [0.15, 0.2) is 0 Å². The van der Waals surface area contributed by atoms with Gasteiger partial charge in [-0.1, -0.05) is 0 Å². The SMILES string of the molecule is CC(CC(N)=O)NC1CCNCC1. The van der Waals surface area contributed by atoms with E-state index in [1.807, 2.05) is 6.92 Å². The number of rotatable bonds is 4. The highest BCUT2D eigenvalue weighted by Crippen LogP contribution is 2.04. The van der Waals surface area contributed by atoms with Gasteiger partial charge in [-0.25, -0.2) is 0 Å². The van der Waals surface area contributed by atoms with E-state index in [0.29, 0.717) is 12.5 Å². The number of nitrogens with two attached hydrogens (primary N) is 1. The molecule has 1 fully saturated rings. The zero-order valence-corrected chi connectivity index (χ0v) is 8.18. The highest BCUT2D eigenvalue weighted by molar-refractivity contribution is 5.74. The number of hydrogen-bond donors (Lipinski definition) is 3. The molecule has 0 saturated carbocycles. The predicted molar refractivity (Wildman–Crippen MR) is 52.3 cm³/mol. The molecule has 1 rings (SSSR count). The number of carbonyl (C=O) groups is 1. The van der Waals surface area contributed by atoms with Gasteiger partial charge in [-0.05, 0) is 32.9 Å². The first-order valence-electron chi connectivity index (χ1n) is 4.93. The van der Waals surface area contributed by atoms with Crippen LogP contribution in [-0.2, 0) is 4.79 Å². The second kappa shape index (κ2) is 5.19. The number of carbonyl (C=O) groups excluding carboxylic acids is 1. The Bertz CT molecular complexity index is 166. The lowest BCUT2D eigenvalue weighted by Gasteiger charge is -2.26. The first-order valence-corrected chi connectivity index (χ1v) is 4.93. The number of piperidine rings is 1. The lowest BCUT2D eigenvalue weighted by molar-refractivity contribution is -0.118. The molecule has 0 spiro atoms. The van der Waals surface area contributed by atoms with Gasteiger partial charge in [0, 0.05) is 18.5 Å². The molecule has 4 heteroatoms. The van der Waals surface area contributed by atoms with Crippen molar-refractivity contribution in [2.75, 3.05) is 13.1 Å². The van der Waals surface area contributed by atoms with Gasteiger partial charge in [0.15, 0.2) is 0 Å². The maximum Gasteiger partial charge on any atom is 0.218 e. The molecular weight excluding hydrogens is 166 g/mol. The van der Waals surface area contributed by atoms with Crippen molar-refractivity contribution in [1.29, 1.82) is 0 Å². The Kier molecular flexibility index (Phi) is 4.18. The minimum Gasteiger partial charge on any atom is -0.370 e. The van der Waals surface area contributed by atoms with E-state index in [1.54, 1.807) is 0 Å². The van der Waals surface area contributed by atoms with E-state index in [4.69, 9.17) is 5.73 Å². The van der Waals surface area contributed by atoms with Gasteiger partial charge in [-0.3, -0.25) is 4.79 Å². The summed E-state index contributed by atoms with van der Waals surface area (Å²) in [7, 11) is 0. The van der Waals surface area contributed by atoms with Gasteiger partial charge in [0.2, 0.25) is 5.91 Å². The molecule has 1 unspecified atom stereocenters. The summed E-state index contributed by atoms with van der Waals surface area (Å²) in [5.41, 5.74) is 5.11. The summed E-state index contributed by atoms with van der Waals surface area (Å²) in [6.07, 6.45) is 2.72. The van der Waals surface area contributed by atoms with Crippen molar-refractivity contribution in [2.24, 2.45) is 5.73 Å². The third kappa shape index (κ3) is 4.24. The van der Waals surface area contributed by atoms with E-state index >= 15 is 0 Å². The average Bonchev–Trinajstić information content (AvgIpc) is 2.04. The molecule has 13 heavy (non-hydrogen) atoms. The molecule has 1 heterocycles. The molecule has 4 N–H and O–H groups in total. The zero-order valence-electron chi connectivity index (χ0n) is 8.18. The molecule has 1 aliphatic rings. The molecule has 1 atom stereocenters. The van der Waals surface area contributed by atoms with Crippen LogP contribution in [0.5, 0.6) is 0 Å². The van der Waals surface area contributed by atoms with Crippen LogP contribution < -0.4 is 16.4 Å². The Morgan fingerprint density at radius 2 is 2.23 bits per heavy atom. The van der Waals surface area contributed by atoms with Crippen LogP contribution in [-0.4, -0.2) is 31.1 Å². The van der Waals surface area contributed by atoms with E-state index in [1.165, 1.54) is 0 Å². The van der Waals surface area contributed by atoms with Crippen LogP contribution in [0.1, 0.15) is 26.2 Å². The van der Waals surface area contributed by atoms with E-state index in [2.05, 4.69) is 10.6 Å². The molecule has 1 amide bonds. The van der Waals surface area contributed by atoms with Crippen molar-refractivity contribution in [3.63, 3.8) is 0 Å². The van der Waals surface area contributed by atoms with Gasteiger partial charge in [-0.2, -0.15) is 0 Å². The summed E-state index contributed by atoms with van der Waals surface area (Å²) < 4.78 is 0. The monoisotopic (exact) mass is 185 g/mol. The third-order valence-corrected chi connectivity index (χ3v) is 2.37. The lowest BCUT2D eigenvalue weighted by Crippen LogP contribution is -2.44. The third-order valence-electron chi connectivity index (χ3n) is 2.37. The summed E-state index contributed by atoms with van der Waals surface area (Å²) in [5.74, 6) is -0.228. The lowest BCUT2D eigenvalue weighted by atomic mass is 10.1. The summed E-state index contributed by atoms with van der Waals surface area (Å²) in [6.45, 7) is 4.15. The number of amides is 1. The molecule has 0 bridgehead atoms.